The van der Waals surface area contributed by atoms with Gasteiger partial charge in [-0.1, -0.05) is 6.08 Å². The van der Waals surface area contributed by atoms with Gasteiger partial charge < -0.3 is 20.1 Å². The summed E-state index contributed by atoms with van der Waals surface area (Å²) in [5.74, 6) is -0.0288. The normalized spacial score (nSPS) is 16.5. The molecule has 0 atom stereocenters. The van der Waals surface area contributed by atoms with Crippen molar-refractivity contribution in [1.29, 1.82) is 0 Å². The summed E-state index contributed by atoms with van der Waals surface area (Å²) in [6, 6.07) is 0. The number of rotatable bonds is 1. The molecule has 0 spiro atoms. The molecule has 0 saturated carbocycles. The van der Waals surface area contributed by atoms with Crippen LogP contribution in [-0.2, 0) is 0 Å². The van der Waals surface area contributed by atoms with E-state index in [0.29, 0.717) is 5.56 Å². The number of nitrogens with one attached hydrogen (secondary N) is 1. The first kappa shape index (κ1) is 14.0. The topological polar surface area (TPSA) is 59.5 Å². The van der Waals surface area contributed by atoms with Gasteiger partial charge in [0.2, 0.25) is 0 Å². The van der Waals surface area contributed by atoms with Crippen LogP contribution in [0.25, 0.3) is 16.5 Å². The van der Waals surface area contributed by atoms with E-state index in [9.17, 15) is 10.2 Å². The average Bonchev–Trinajstić information content (AvgIpc) is 2.81. The molecule has 0 amide bonds. The van der Waals surface area contributed by atoms with Crippen molar-refractivity contribution in [3.63, 3.8) is 0 Å². The van der Waals surface area contributed by atoms with Gasteiger partial charge in [-0.3, -0.25) is 0 Å². The monoisotopic (exact) mass is 286 g/mol. The SMILES string of the molecule is Cc1[nH]c2c(C)c(O)c(O)c(C)c2c1C1=CCN(C)CC1. The number of fused-ring (bicyclic) bond motifs is 1. The van der Waals surface area contributed by atoms with Gasteiger partial charge >= 0.3 is 0 Å². The maximum atomic E-state index is 10.2. The average molecular weight is 286 g/mol. The van der Waals surface area contributed by atoms with Crippen molar-refractivity contribution in [3.05, 3.63) is 28.5 Å². The van der Waals surface area contributed by atoms with Crippen molar-refractivity contribution in [3.8, 4) is 11.5 Å². The molecule has 0 bridgehead atoms. The molecule has 0 fully saturated rings. The molecule has 1 aromatic carbocycles. The van der Waals surface area contributed by atoms with Crippen LogP contribution in [0.5, 0.6) is 11.5 Å². The van der Waals surface area contributed by atoms with Crippen molar-refractivity contribution in [1.82, 2.24) is 9.88 Å². The van der Waals surface area contributed by atoms with Gasteiger partial charge in [0, 0.05) is 40.9 Å². The number of aryl methyl sites for hydroxylation is 3. The van der Waals surface area contributed by atoms with E-state index in [1.165, 1.54) is 11.1 Å². The zero-order chi connectivity index (χ0) is 15.3. The van der Waals surface area contributed by atoms with Crippen molar-refractivity contribution >= 4 is 16.5 Å². The van der Waals surface area contributed by atoms with E-state index in [1.54, 1.807) is 0 Å². The number of nitrogens with zero attached hydrogens (tertiary/aromatic N) is 1. The van der Waals surface area contributed by atoms with Crippen molar-refractivity contribution < 1.29 is 10.2 Å². The molecular weight excluding hydrogens is 264 g/mol. The Kier molecular flexibility index (Phi) is 3.21. The molecule has 4 heteroatoms. The van der Waals surface area contributed by atoms with Crippen molar-refractivity contribution in [2.24, 2.45) is 0 Å². The second-order valence-corrected chi connectivity index (χ2v) is 6.06. The third-order valence-corrected chi connectivity index (χ3v) is 4.61. The van der Waals surface area contributed by atoms with Gasteiger partial charge in [-0.2, -0.15) is 0 Å². The summed E-state index contributed by atoms with van der Waals surface area (Å²) in [6.45, 7) is 7.74. The fourth-order valence-corrected chi connectivity index (χ4v) is 3.27. The summed E-state index contributed by atoms with van der Waals surface area (Å²) in [4.78, 5) is 5.67. The Hall–Kier alpha value is -1.94. The van der Waals surface area contributed by atoms with Gasteiger partial charge in [-0.25, -0.2) is 0 Å². The summed E-state index contributed by atoms with van der Waals surface area (Å²) in [5.41, 5.74) is 5.98. The lowest BCUT2D eigenvalue weighted by Gasteiger charge is -2.22. The second kappa shape index (κ2) is 4.81. The van der Waals surface area contributed by atoms with Crippen LogP contribution in [0.15, 0.2) is 6.08 Å². The molecule has 0 radical (unpaired) electrons. The van der Waals surface area contributed by atoms with Crippen LogP contribution in [0, 0.1) is 20.8 Å². The highest BCUT2D eigenvalue weighted by Crippen LogP contribution is 2.43. The molecule has 2 aromatic rings. The number of aromatic amines is 1. The minimum Gasteiger partial charge on any atom is -0.504 e. The van der Waals surface area contributed by atoms with Crippen molar-refractivity contribution in [2.75, 3.05) is 20.1 Å². The summed E-state index contributed by atoms with van der Waals surface area (Å²) in [6.07, 6.45) is 3.27. The highest BCUT2D eigenvalue weighted by atomic mass is 16.3. The van der Waals surface area contributed by atoms with E-state index in [1.807, 2.05) is 13.8 Å². The number of hydrogen-bond acceptors (Lipinski definition) is 3. The molecule has 21 heavy (non-hydrogen) atoms. The van der Waals surface area contributed by atoms with Crippen LogP contribution in [0.2, 0.25) is 0 Å². The maximum Gasteiger partial charge on any atom is 0.162 e. The third-order valence-electron chi connectivity index (χ3n) is 4.61. The van der Waals surface area contributed by atoms with Crippen LogP contribution in [0.1, 0.15) is 28.8 Å². The van der Waals surface area contributed by atoms with Gasteiger partial charge in [0.15, 0.2) is 11.5 Å². The first-order valence-corrected chi connectivity index (χ1v) is 7.33. The largest absolute Gasteiger partial charge is 0.504 e. The lowest BCUT2D eigenvalue weighted by atomic mass is 9.93. The summed E-state index contributed by atoms with van der Waals surface area (Å²) in [5, 5.41) is 21.2. The summed E-state index contributed by atoms with van der Waals surface area (Å²) in [7, 11) is 2.12. The van der Waals surface area contributed by atoms with E-state index < -0.39 is 0 Å². The molecule has 1 aliphatic heterocycles. The summed E-state index contributed by atoms with van der Waals surface area (Å²) >= 11 is 0. The second-order valence-electron chi connectivity index (χ2n) is 6.06. The highest BCUT2D eigenvalue weighted by molar-refractivity contribution is 6.00. The van der Waals surface area contributed by atoms with E-state index >= 15 is 0 Å². The number of phenolic OH excluding ortho intramolecular Hbond substituents is 2. The molecular formula is C17H22N2O2. The minimum atomic E-state index is -0.0230. The van der Waals surface area contributed by atoms with E-state index in [2.05, 4.69) is 29.9 Å². The molecule has 3 N–H and O–H groups in total. The van der Waals surface area contributed by atoms with Gasteiger partial charge in [-0.05, 0) is 39.8 Å². The van der Waals surface area contributed by atoms with E-state index in [-0.39, 0.29) is 11.5 Å². The predicted molar refractivity (Wildman–Crippen MR) is 85.9 cm³/mol. The molecule has 3 rings (SSSR count). The number of aromatic hydroxyl groups is 2. The first-order chi connectivity index (χ1) is 9.91. The lowest BCUT2D eigenvalue weighted by molar-refractivity contribution is 0.370. The Morgan fingerprint density at radius 3 is 2.38 bits per heavy atom. The fraction of sp³-hybridized carbons (Fsp3) is 0.412. The Bertz CT molecular complexity index is 756. The van der Waals surface area contributed by atoms with Gasteiger partial charge in [-0.15, -0.1) is 0 Å². The van der Waals surface area contributed by atoms with Crippen LogP contribution in [0.4, 0.5) is 0 Å². The zero-order valence-electron chi connectivity index (χ0n) is 13.0. The molecule has 0 saturated heterocycles. The molecule has 1 aromatic heterocycles. The smallest absolute Gasteiger partial charge is 0.162 e. The van der Waals surface area contributed by atoms with Gasteiger partial charge in [0.05, 0.1) is 5.52 Å². The Morgan fingerprint density at radius 2 is 1.76 bits per heavy atom. The standard InChI is InChI=1S/C17H22N2O2/c1-9-13-14(12-5-7-19(4)8-6-12)11(3)18-15(13)10(2)17(21)16(9)20/h5,18,20-21H,6-8H2,1-4H3. The molecule has 0 unspecified atom stereocenters. The molecule has 4 nitrogen and oxygen atoms in total. The Balaban J connectivity index is 2.32. The number of H-pyrrole nitrogens is 1. The molecule has 1 aliphatic rings. The van der Waals surface area contributed by atoms with E-state index in [0.717, 1.165) is 41.7 Å². The number of hydrogen-bond donors (Lipinski definition) is 3. The third kappa shape index (κ3) is 2.02. The van der Waals surface area contributed by atoms with Crippen LogP contribution in [0.3, 0.4) is 0 Å². The first-order valence-electron chi connectivity index (χ1n) is 7.33. The Morgan fingerprint density at radius 1 is 1.10 bits per heavy atom. The fourth-order valence-electron chi connectivity index (χ4n) is 3.27. The molecule has 0 aliphatic carbocycles. The van der Waals surface area contributed by atoms with Crippen LogP contribution in [-0.4, -0.2) is 40.2 Å². The highest BCUT2D eigenvalue weighted by Gasteiger charge is 2.22. The maximum absolute atomic E-state index is 10.2. The molecule has 2 heterocycles. The summed E-state index contributed by atoms with van der Waals surface area (Å²) < 4.78 is 0. The minimum absolute atomic E-state index is 0.00576. The van der Waals surface area contributed by atoms with Crippen LogP contribution >= 0.6 is 0 Å². The van der Waals surface area contributed by atoms with Crippen LogP contribution < -0.4 is 0 Å². The molecule has 112 valence electrons. The van der Waals surface area contributed by atoms with E-state index in [4.69, 9.17) is 0 Å². The lowest BCUT2D eigenvalue weighted by Crippen LogP contribution is -2.23. The number of benzene rings is 1. The van der Waals surface area contributed by atoms with Gasteiger partial charge in [0.1, 0.15) is 0 Å². The number of phenols is 2. The number of aromatic nitrogens is 1. The quantitative estimate of drug-likeness (QED) is 0.705. The van der Waals surface area contributed by atoms with Gasteiger partial charge in [0.25, 0.3) is 0 Å². The Labute approximate surface area is 124 Å². The zero-order valence-corrected chi connectivity index (χ0v) is 13.0. The van der Waals surface area contributed by atoms with Crippen molar-refractivity contribution in [2.45, 2.75) is 27.2 Å². The predicted octanol–water partition coefficient (Wildman–Crippen LogP) is 3.22. The number of likely N-dealkylation sites (N-methyl/N-ethyl adjacent to an activating group) is 1.